The van der Waals surface area contributed by atoms with E-state index < -0.39 is 0 Å². The molecular formula is C20H20ClN5O2S. The molecule has 0 radical (unpaired) electrons. The van der Waals surface area contributed by atoms with Crippen molar-refractivity contribution in [3.63, 3.8) is 0 Å². The summed E-state index contributed by atoms with van der Waals surface area (Å²) in [4.78, 5) is 29.7. The number of nitrogens with zero attached hydrogens (tertiary/aromatic N) is 5. The fourth-order valence-electron chi connectivity index (χ4n) is 3.05. The highest BCUT2D eigenvalue weighted by atomic mass is 35.5. The lowest BCUT2D eigenvalue weighted by Gasteiger charge is -2.34. The molecule has 3 heterocycles. The van der Waals surface area contributed by atoms with Crippen molar-refractivity contribution < 1.29 is 9.53 Å². The Kier molecular flexibility index (Phi) is 6.21. The van der Waals surface area contributed by atoms with Gasteiger partial charge in [-0.15, -0.1) is 11.3 Å². The van der Waals surface area contributed by atoms with Crippen LogP contribution in [-0.4, -0.2) is 51.9 Å². The minimum Gasteiger partial charge on any atom is -0.486 e. The van der Waals surface area contributed by atoms with Crippen LogP contribution in [0.5, 0.6) is 5.75 Å². The third kappa shape index (κ3) is 5.21. The molecule has 2 aromatic heterocycles. The van der Waals surface area contributed by atoms with Crippen LogP contribution in [0.25, 0.3) is 0 Å². The van der Waals surface area contributed by atoms with Crippen molar-refractivity contribution >= 4 is 34.8 Å². The molecule has 150 valence electrons. The number of aromatic nitrogens is 3. The van der Waals surface area contributed by atoms with Gasteiger partial charge in [-0.25, -0.2) is 15.0 Å². The van der Waals surface area contributed by atoms with Gasteiger partial charge >= 0.3 is 0 Å². The van der Waals surface area contributed by atoms with E-state index >= 15 is 0 Å². The van der Waals surface area contributed by atoms with E-state index in [-0.39, 0.29) is 5.91 Å². The van der Waals surface area contributed by atoms with Crippen LogP contribution in [-0.2, 0) is 17.8 Å². The van der Waals surface area contributed by atoms with Gasteiger partial charge in [0.1, 0.15) is 17.4 Å². The second-order valence-electron chi connectivity index (χ2n) is 6.57. The van der Waals surface area contributed by atoms with Gasteiger partial charge < -0.3 is 14.5 Å². The van der Waals surface area contributed by atoms with Gasteiger partial charge in [0.2, 0.25) is 11.9 Å². The predicted molar refractivity (Wildman–Crippen MR) is 112 cm³/mol. The molecule has 0 spiro atoms. The molecule has 1 aliphatic heterocycles. The molecule has 29 heavy (non-hydrogen) atoms. The highest BCUT2D eigenvalue weighted by Gasteiger charge is 2.23. The van der Waals surface area contributed by atoms with Crippen LogP contribution < -0.4 is 9.64 Å². The van der Waals surface area contributed by atoms with Crippen LogP contribution in [0.15, 0.2) is 48.1 Å². The van der Waals surface area contributed by atoms with Crippen molar-refractivity contribution in [1.82, 2.24) is 19.9 Å². The van der Waals surface area contributed by atoms with Crippen LogP contribution in [0.2, 0.25) is 5.02 Å². The van der Waals surface area contributed by atoms with Crippen LogP contribution in [0.4, 0.5) is 5.95 Å². The third-order valence-corrected chi connectivity index (χ3v) is 5.70. The van der Waals surface area contributed by atoms with Gasteiger partial charge in [-0.2, -0.15) is 0 Å². The number of thiazole rings is 1. The van der Waals surface area contributed by atoms with Crippen molar-refractivity contribution in [2.75, 3.05) is 31.1 Å². The van der Waals surface area contributed by atoms with Gasteiger partial charge in [0.25, 0.3) is 0 Å². The summed E-state index contributed by atoms with van der Waals surface area (Å²) in [5.41, 5.74) is 0.781. The number of rotatable bonds is 6. The van der Waals surface area contributed by atoms with E-state index in [1.807, 2.05) is 22.4 Å². The largest absolute Gasteiger partial charge is 0.486 e. The molecule has 9 heteroatoms. The van der Waals surface area contributed by atoms with Gasteiger partial charge in [-0.05, 0) is 30.3 Å². The van der Waals surface area contributed by atoms with E-state index in [2.05, 4.69) is 19.9 Å². The minimum absolute atomic E-state index is 0.0918. The van der Waals surface area contributed by atoms with Crippen molar-refractivity contribution in [3.05, 3.63) is 63.8 Å². The first-order valence-corrected chi connectivity index (χ1v) is 10.5. The maximum absolute atomic E-state index is 12.6. The van der Waals surface area contributed by atoms with E-state index in [0.717, 1.165) is 29.5 Å². The number of hydrogen-bond donors (Lipinski definition) is 0. The summed E-state index contributed by atoms with van der Waals surface area (Å²) in [6, 6.07) is 9.01. The standard InChI is InChI=1S/C20H20ClN5O2S/c21-15-2-4-17(5-3-15)28-13-18-24-16(14-29-18)12-19(27)25-8-10-26(11-9-25)20-22-6-1-7-23-20/h1-7,14H,8-13H2. The fraction of sp³-hybridized carbons (Fsp3) is 0.300. The lowest BCUT2D eigenvalue weighted by Crippen LogP contribution is -2.49. The van der Waals surface area contributed by atoms with Crippen LogP contribution in [0.1, 0.15) is 10.7 Å². The van der Waals surface area contributed by atoms with Crippen LogP contribution >= 0.6 is 22.9 Å². The first-order chi connectivity index (χ1) is 14.2. The Morgan fingerprint density at radius 2 is 1.83 bits per heavy atom. The number of hydrogen-bond acceptors (Lipinski definition) is 7. The molecule has 1 fully saturated rings. The SMILES string of the molecule is O=C(Cc1csc(COc2ccc(Cl)cc2)n1)N1CCN(c2ncccn2)CC1. The Morgan fingerprint density at radius 1 is 1.10 bits per heavy atom. The zero-order valence-electron chi connectivity index (χ0n) is 15.7. The van der Waals surface area contributed by atoms with Crippen LogP contribution in [0.3, 0.4) is 0 Å². The number of amides is 1. The van der Waals surface area contributed by atoms with E-state index in [1.165, 1.54) is 11.3 Å². The second-order valence-corrected chi connectivity index (χ2v) is 7.95. The summed E-state index contributed by atoms with van der Waals surface area (Å²) in [6.45, 7) is 3.15. The Bertz CT molecular complexity index is 943. The molecule has 0 N–H and O–H groups in total. The smallest absolute Gasteiger partial charge is 0.228 e. The number of halogens is 1. The normalized spacial score (nSPS) is 14.1. The number of ether oxygens (including phenoxy) is 1. The molecule has 1 saturated heterocycles. The lowest BCUT2D eigenvalue weighted by atomic mass is 10.2. The predicted octanol–water partition coefficient (Wildman–Crippen LogP) is 3.06. The van der Waals surface area contributed by atoms with Crippen molar-refractivity contribution in [3.8, 4) is 5.75 Å². The number of piperazine rings is 1. The molecule has 0 unspecified atom stereocenters. The van der Waals surface area contributed by atoms with Gasteiger partial charge in [0, 0.05) is 49.0 Å². The van der Waals surface area contributed by atoms with Gasteiger partial charge in [0.05, 0.1) is 12.1 Å². The summed E-state index contributed by atoms with van der Waals surface area (Å²) >= 11 is 7.37. The molecule has 0 saturated carbocycles. The van der Waals surface area contributed by atoms with Crippen molar-refractivity contribution in [2.45, 2.75) is 13.0 Å². The summed E-state index contributed by atoms with van der Waals surface area (Å²) in [6.07, 6.45) is 3.77. The Labute approximate surface area is 177 Å². The van der Waals surface area contributed by atoms with E-state index in [1.54, 1.807) is 30.6 Å². The molecule has 7 nitrogen and oxygen atoms in total. The monoisotopic (exact) mass is 429 g/mol. The molecule has 0 atom stereocenters. The van der Waals surface area contributed by atoms with E-state index in [4.69, 9.17) is 16.3 Å². The number of carbonyl (C=O) groups is 1. The molecule has 1 amide bonds. The average Bonchev–Trinajstić information content (AvgIpc) is 3.21. The van der Waals surface area contributed by atoms with Crippen molar-refractivity contribution in [2.24, 2.45) is 0 Å². The van der Waals surface area contributed by atoms with Gasteiger partial charge in [0.15, 0.2) is 0 Å². The zero-order valence-corrected chi connectivity index (χ0v) is 17.3. The summed E-state index contributed by atoms with van der Waals surface area (Å²) in [7, 11) is 0. The third-order valence-electron chi connectivity index (χ3n) is 4.57. The molecular weight excluding hydrogens is 410 g/mol. The maximum atomic E-state index is 12.6. The minimum atomic E-state index is 0.0918. The number of carbonyl (C=O) groups excluding carboxylic acids is 1. The molecule has 1 aromatic carbocycles. The second kappa shape index (κ2) is 9.19. The lowest BCUT2D eigenvalue weighted by molar-refractivity contribution is -0.130. The first kappa shape index (κ1) is 19.6. The summed E-state index contributed by atoms with van der Waals surface area (Å²) in [5, 5.41) is 3.44. The Hall–Kier alpha value is -2.71. The number of anilines is 1. The van der Waals surface area contributed by atoms with Gasteiger partial charge in [-0.3, -0.25) is 4.79 Å². The van der Waals surface area contributed by atoms with Crippen molar-refractivity contribution in [1.29, 1.82) is 0 Å². The quantitative estimate of drug-likeness (QED) is 0.599. The number of benzene rings is 1. The Balaban J connectivity index is 1.25. The van der Waals surface area contributed by atoms with Crippen LogP contribution in [0, 0.1) is 0 Å². The highest BCUT2D eigenvalue weighted by Crippen LogP contribution is 2.19. The molecule has 1 aliphatic rings. The summed E-state index contributed by atoms with van der Waals surface area (Å²) in [5.74, 6) is 1.54. The molecule has 0 bridgehead atoms. The topological polar surface area (TPSA) is 71.5 Å². The zero-order chi connectivity index (χ0) is 20.1. The Morgan fingerprint density at radius 3 is 2.55 bits per heavy atom. The molecule has 3 aromatic rings. The first-order valence-electron chi connectivity index (χ1n) is 9.29. The molecule has 4 rings (SSSR count). The molecule has 0 aliphatic carbocycles. The van der Waals surface area contributed by atoms with E-state index in [9.17, 15) is 4.79 Å². The fourth-order valence-corrected chi connectivity index (χ4v) is 3.88. The van der Waals surface area contributed by atoms with E-state index in [0.29, 0.717) is 37.1 Å². The van der Waals surface area contributed by atoms with Gasteiger partial charge in [-0.1, -0.05) is 11.6 Å². The average molecular weight is 430 g/mol. The summed E-state index contributed by atoms with van der Waals surface area (Å²) < 4.78 is 5.71. The highest BCUT2D eigenvalue weighted by molar-refractivity contribution is 7.09. The maximum Gasteiger partial charge on any atom is 0.228 e.